The van der Waals surface area contributed by atoms with Crippen LogP contribution in [0, 0.1) is 0 Å². The maximum atomic E-state index is 12.0. The highest BCUT2D eigenvalue weighted by atomic mass is 79.9. The first-order valence-electron chi connectivity index (χ1n) is 5.16. The summed E-state index contributed by atoms with van der Waals surface area (Å²) in [5, 5.41) is 4.03. The second kappa shape index (κ2) is 5.12. The Bertz CT molecular complexity index is 566. The molecule has 0 saturated carbocycles. The molecule has 0 fully saturated rings. The highest BCUT2D eigenvalue weighted by molar-refractivity contribution is 9.10. The molecule has 0 aliphatic carbocycles. The number of alkyl halides is 3. The molecule has 2 aromatic rings. The van der Waals surface area contributed by atoms with E-state index in [1.165, 1.54) is 28.9 Å². The number of anilines is 1. The molecule has 4 nitrogen and oxygen atoms in total. The Morgan fingerprint density at radius 2 is 1.89 bits per heavy atom. The van der Waals surface area contributed by atoms with Crippen LogP contribution in [0.1, 0.15) is 5.56 Å². The highest BCUT2D eigenvalue weighted by Gasteiger charge is 2.30. The summed E-state index contributed by atoms with van der Waals surface area (Å²) < 4.78 is 41.9. The van der Waals surface area contributed by atoms with Gasteiger partial charge in [-0.1, -0.05) is 12.1 Å². The molecule has 0 spiro atoms. The number of hydrogen-bond donors (Lipinski definition) is 1. The lowest BCUT2D eigenvalue weighted by Gasteiger charge is -2.09. The van der Waals surface area contributed by atoms with Gasteiger partial charge in [0.05, 0.1) is 17.2 Å². The van der Waals surface area contributed by atoms with E-state index in [0.29, 0.717) is 16.8 Å². The number of aromatic nitrogens is 2. The van der Waals surface area contributed by atoms with Gasteiger partial charge in [0, 0.05) is 0 Å². The van der Waals surface area contributed by atoms with Crippen molar-refractivity contribution in [1.29, 1.82) is 0 Å². The van der Waals surface area contributed by atoms with Gasteiger partial charge < -0.3 is 10.5 Å². The molecule has 1 heterocycles. The number of ether oxygens (including phenoxy) is 1. The van der Waals surface area contributed by atoms with Gasteiger partial charge in [0.1, 0.15) is 11.6 Å². The molecule has 0 amide bonds. The Labute approximate surface area is 115 Å². The number of nitrogen functional groups attached to an aromatic ring is 1. The molecule has 0 aliphatic rings. The van der Waals surface area contributed by atoms with E-state index in [2.05, 4.69) is 25.8 Å². The van der Waals surface area contributed by atoms with E-state index in [9.17, 15) is 13.2 Å². The van der Waals surface area contributed by atoms with Crippen LogP contribution >= 0.6 is 15.9 Å². The first kappa shape index (κ1) is 13.7. The fourth-order valence-electron chi connectivity index (χ4n) is 1.47. The van der Waals surface area contributed by atoms with Crippen molar-refractivity contribution in [3.05, 3.63) is 40.5 Å². The number of nitrogens with zero attached hydrogens (tertiary/aromatic N) is 2. The second-order valence-corrected chi connectivity index (χ2v) is 4.58. The third-order valence-corrected chi connectivity index (χ3v) is 2.93. The van der Waals surface area contributed by atoms with Crippen molar-refractivity contribution in [1.82, 2.24) is 9.78 Å². The fourth-order valence-corrected chi connectivity index (χ4v) is 1.76. The van der Waals surface area contributed by atoms with Crippen LogP contribution in [0.5, 0.6) is 5.75 Å². The van der Waals surface area contributed by atoms with E-state index in [0.717, 1.165) is 5.56 Å². The predicted octanol–water partition coefficient (Wildman–Crippen LogP) is 3.17. The molecule has 0 radical (unpaired) electrons. The standard InChI is InChI=1S/C11H9BrF3N3O/c12-9-5-17-18(10(9)16)6-7-1-3-8(4-2-7)19-11(13,14)15/h1-5H,6,16H2. The zero-order valence-electron chi connectivity index (χ0n) is 9.49. The summed E-state index contributed by atoms with van der Waals surface area (Å²) in [6, 6.07) is 5.54. The molecule has 0 atom stereocenters. The lowest BCUT2D eigenvalue weighted by Crippen LogP contribution is -2.17. The number of rotatable bonds is 3. The van der Waals surface area contributed by atoms with E-state index in [1.54, 1.807) is 6.20 Å². The van der Waals surface area contributed by atoms with Crippen molar-refractivity contribution in [3.8, 4) is 5.75 Å². The van der Waals surface area contributed by atoms with E-state index in [4.69, 9.17) is 5.73 Å². The van der Waals surface area contributed by atoms with Crippen LogP contribution in [0.15, 0.2) is 34.9 Å². The monoisotopic (exact) mass is 335 g/mol. The van der Waals surface area contributed by atoms with Gasteiger partial charge in [0.2, 0.25) is 0 Å². The highest BCUT2D eigenvalue weighted by Crippen LogP contribution is 2.23. The average molecular weight is 336 g/mol. The van der Waals surface area contributed by atoms with Crippen LogP contribution < -0.4 is 10.5 Å². The number of nitrogens with two attached hydrogens (primary N) is 1. The summed E-state index contributed by atoms with van der Waals surface area (Å²) in [6.45, 7) is 0.365. The molecule has 19 heavy (non-hydrogen) atoms. The van der Waals surface area contributed by atoms with Gasteiger partial charge in [0.15, 0.2) is 0 Å². The Morgan fingerprint density at radius 3 is 2.37 bits per heavy atom. The van der Waals surface area contributed by atoms with Gasteiger partial charge in [-0.15, -0.1) is 13.2 Å². The van der Waals surface area contributed by atoms with Crippen molar-refractivity contribution < 1.29 is 17.9 Å². The quantitative estimate of drug-likeness (QED) is 0.937. The molecule has 0 aliphatic heterocycles. The molecular formula is C11H9BrF3N3O. The minimum Gasteiger partial charge on any atom is -0.406 e. The molecule has 0 saturated heterocycles. The predicted molar refractivity (Wildman–Crippen MR) is 66.6 cm³/mol. The van der Waals surface area contributed by atoms with Crippen molar-refractivity contribution in [3.63, 3.8) is 0 Å². The van der Waals surface area contributed by atoms with Crippen molar-refractivity contribution in [2.75, 3.05) is 5.73 Å². The topological polar surface area (TPSA) is 53.1 Å². The Hall–Kier alpha value is -1.70. The van der Waals surface area contributed by atoms with E-state index in [1.807, 2.05) is 0 Å². The third-order valence-electron chi connectivity index (χ3n) is 2.32. The average Bonchev–Trinajstić information content (AvgIpc) is 2.62. The van der Waals surface area contributed by atoms with Crippen LogP contribution in [0.2, 0.25) is 0 Å². The maximum Gasteiger partial charge on any atom is 0.573 e. The van der Waals surface area contributed by atoms with Gasteiger partial charge in [-0.25, -0.2) is 4.68 Å². The summed E-state index contributed by atoms with van der Waals surface area (Å²) in [7, 11) is 0. The van der Waals surface area contributed by atoms with Gasteiger partial charge in [-0.05, 0) is 33.6 Å². The molecule has 2 rings (SSSR count). The van der Waals surface area contributed by atoms with Crippen molar-refractivity contribution in [2.24, 2.45) is 0 Å². The Balaban J connectivity index is 2.09. The zero-order valence-corrected chi connectivity index (χ0v) is 11.1. The Morgan fingerprint density at radius 1 is 1.26 bits per heavy atom. The third kappa shape index (κ3) is 3.63. The lowest BCUT2D eigenvalue weighted by atomic mass is 10.2. The first-order valence-corrected chi connectivity index (χ1v) is 5.96. The van der Waals surface area contributed by atoms with E-state index < -0.39 is 6.36 Å². The minimum atomic E-state index is -4.68. The molecule has 102 valence electrons. The van der Waals surface area contributed by atoms with Gasteiger partial charge in [-0.2, -0.15) is 5.10 Å². The Kier molecular flexibility index (Phi) is 3.70. The van der Waals surface area contributed by atoms with Gasteiger partial charge in [-0.3, -0.25) is 0 Å². The largest absolute Gasteiger partial charge is 0.573 e. The van der Waals surface area contributed by atoms with Crippen LogP contribution in [-0.2, 0) is 6.54 Å². The number of benzene rings is 1. The maximum absolute atomic E-state index is 12.0. The van der Waals surface area contributed by atoms with Crippen LogP contribution in [0.4, 0.5) is 19.0 Å². The molecule has 0 unspecified atom stereocenters. The summed E-state index contributed by atoms with van der Waals surface area (Å²) >= 11 is 3.22. The first-order chi connectivity index (χ1) is 8.85. The second-order valence-electron chi connectivity index (χ2n) is 3.73. The molecule has 1 aromatic carbocycles. The minimum absolute atomic E-state index is 0.258. The van der Waals surface area contributed by atoms with Crippen LogP contribution in [0.3, 0.4) is 0 Å². The smallest absolute Gasteiger partial charge is 0.406 e. The van der Waals surface area contributed by atoms with Crippen LogP contribution in [0.25, 0.3) is 0 Å². The summed E-state index contributed by atoms with van der Waals surface area (Å²) in [5.41, 5.74) is 6.50. The summed E-state index contributed by atoms with van der Waals surface area (Å²) in [4.78, 5) is 0. The normalized spacial score (nSPS) is 11.6. The van der Waals surface area contributed by atoms with Gasteiger partial charge >= 0.3 is 6.36 Å². The van der Waals surface area contributed by atoms with Gasteiger partial charge in [0.25, 0.3) is 0 Å². The number of hydrogen-bond acceptors (Lipinski definition) is 3. The number of halogens is 4. The van der Waals surface area contributed by atoms with E-state index in [-0.39, 0.29) is 5.75 Å². The van der Waals surface area contributed by atoms with Crippen molar-refractivity contribution >= 4 is 21.7 Å². The van der Waals surface area contributed by atoms with Crippen molar-refractivity contribution in [2.45, 2.75) is 12.9 Å². The summed E-state index contributed by atoms with van der Waals surface area (Å²) in [6.07, 6.45) is -3.13. The fraction of sp³-hybridized carbons (Fsp3) is 0.182. The molecule has 2 N–H and O–H groups in total. The molecular weight excluding hydrogens is 327 g/mol. The SMILES string of the molecule is Nc1c(Br)cnn1Cc1ccc(OC(F)(F)F)cc1. The molecule has 1 aromatic heterocycles. The van der Waals surface area contributed by atoms with E-state index >= 15 is 0 Å². The summed E-state index contributed by atoms with van der Waals surface area (Å²) in [5.74, 6) is 0.196. The zero-order chi connectivity index (χ0) is 14.0. The lowest BCUT2D eigenvalue weighted by molar-refractivity contribution is -0.274. The molecule has 8 heteroatoms. The van der Waals surface area contributed by atoms with Crippen LogP contribution in [-0.4, -0.2) is 16.1 Å². The molecule has 0 bridgehead atoms.